The van der Waals surface area contributed by atoms with Crippen molar-refractivity contribution in [2.24, 2.45) is 0 Å². The predicted molar refractivity (Wildman–Crippen MR) is 106 cm³/mol. The number of thioether (sulfide) groups is 1. The molecule has 0 saturated carbocycles. The van der Waals surface area contributed by atoms with Crippen LogP contribution in [0.4, 0.5) is 0 Å². The van der Waals surface area contributed by atoms with Crippen LogP contribution in [0.2, 0.25) is 5.02 Å². The van der Waals surface area contributed by atoms with Crippen LogP contribution in [0, 0.1) is 0 Å². The van der Waals surface area contributed by atoms with Gasteiger partial charge >= 0.3 is 7.12 Å². The van der Waals surface area contributed by atoms with E-state index >= 15 is 0 Å². The summed E-state index contributed by atoms with van der Waals surface area (Å²) in [5.41, 5.74) is 0.897. The summed E-state index contributed by atoms with van der Waals surface area (Å²) in [6, 6.07) is 5.70. The molecule has 0 amide bonds. The molecule has 0 unspecified atom stereocenters. The summed E-state index contributed by atoms with van der Waals surface area (Å²) in [6.07, 6.45) is 1.95. The Morgan fingerprint density at radius 3 is 2.38 bits per heavy atom. The van der Waals surface area contributed by atoms with Gasteiger partial charge in [-0.05, 0) is 50.9 Å². The van der Waals surface area contributed by atoms with Crippen LogP contribution in [-0.2, 0) is 14.1 Å². The highest BCUT2D eigenvalue weighted by atomic mass is 79.9. The van der Waals surface area contributed by atoms with Crippen LogP contribution in [0.5, 0.6) is 0 Å². The molecule has 1 heterocycles. The lowest BCUT2D eigenvalue weighted by atomic mass is 9.78. The van der Waals surface area contributed by atoms with E-state index in [0.717, 1.165) is 15.5 Å². The fourth-order valence-corrected chi connectivity index (χ4v) is 3.49. The van der Waals surface area contributed by atoms with Crippen molar-refractivity contribution in [2.45, 2.75) is 45.8 Å². The van der Waals surface area contributed by atoms with Gasteiger partial charge in [-0.15, -0.1) is 0 Å². The number of carbonyl (C=O) groups excluding carboxylic acids is 1. The average molecular weight is 432 g/mol. The van der Waals surface area contributed by atoms with Crippen molar-refractivity contribution in [3.05, 3.63) is 38.7 Å². The Morgan fingerprint density at radius 1 is 1.29 bits per heavy atom. The number of carbonyl (C=O) groups is 1. The number of halogens is 2. The monoisotopic (exact) mass is 430 g/mol. The van der Waals surface area contributed by atoms with Gasteiger partial charge in [0.15, 0.2) is 5.12 Å². The number of rotatable bonds is 4. The Labute approximate surface area is 161 Å². The molecule has 1 aromatic carbocycles. The van der Waals surface area contributed by atoms with Crippen LogP contribution in [0.25, 0.3) is 6.08 Å². The molecule has 0 aromatic heterocycles. The normalized spacial score (nSPS) is 19.6. The van der Waals surface area contributed by atoms with Crippen LogP contribution >= 0.6 is 39.3 Å². The smallest absolute Gasteiger partial charge is 0.400 e. The summed E-state index contributed by atoms with van der Waals surface area (Å²) in [4.78, 5) is 11.4. The van der Waals surface area contributed by atoms with Gasteiger partial charge in [0.25, 0.3) is 0 Å². The van der Waals surface area contributed by atoms with Crippen LogP contribution in [0.3, 0.4) is 0 Å². The summed E-state index contributed by atoms with van der Waals surface area (Å²) < 4.78 is 13.2. The van der Waals surface area contributed by atoms with Gasteiger partial charge in [-0.2, -0.15) is 0 Å². The molecule has 24 heavy (non-hydrogen) atoms. The van der Waals surface area contributed by atoms with Crippen molar-refractivity contribution in [3.8, 4) is 0 Å². The van der Waals surface area contributed by atoms with Gasteiger partial charge in [0, 0.05) is 22.2 Å². The molecule has 130 valence electrons. The number of hydrogen-bond acceptors (Lipinski definition) is 4. The number of benzene rings is 1. The molecule has 0 aliphatic carbocycles. The molecule has 1 aliphatic rings. The average Bonchev–Trinajstić information content (AvgIpc) is 2.65. The van der Waals surface area contributed by atoms with Gasteiger partial charge in [0.1, 0.15) is 0 Å². The highest BCUT2D eigenvalue weighted by molar-refractivity contribution is 9.10. The zero-order valence-electron chi connectivity index (χ0n) is 14.5. The molecule has 0 radical (unpaired) electrons. The lowest BCUT2D eigenvalue weighted by Crippen LogP contribution is -2.41. The zero-order valence-corrected chi connectivity index (χ0v) is 17.6. The van der Waals surface area contributed by atoms with E-state index in [1.165, 1.54) is 11.8 Å². The molecule has 0 spiro atoms. The standard InChI is InChI=1S/C17H21BBrClO3S/c1-11(21)24-10-13(8-12-6-7-14(19)9-15(12)20)18-22-16(2,3)17(4,5)23-18/h6-9H,10H2,1-5H3. The van der Waals surface area contributed by atoms with E-state index in [1.54, 1.807) is 6.92 Å². The van der Waals surface area contributed by atoms with Crippen molar-refractivity contribution in [2.75, 3.05) is 5.75 Å². The van der Waals surface area contributed by atoms with Crippen molar-refractivity contribution >= 4 is 57.6 Å². The highest BCUT2D eigenvalue weighted by Gasteiger charge is 2.52. The van der Waals surface area contributed by atoms with E-state index in [2.05, 4.69) is 15.9 Å². The minimum absolute atomic E-state index is 0.0549. The minimum Gasteiger partial charge on any atom is -0.400 e. The van der Waals surface area contributed by atoms with Gasteiger partial charge in [-0.1, -0.05) is 51.4 Å². The second-order valence-electron chi connectivity index (χ2n) is 6.75. The topological polar surface area (TPSA) is 35.5 Å². The predicted octanol–water partition coefficient (Wildman–Crippen LogP) is 5.40. The summed E-state index contributed by atoms with van der Waals surface area (Å²) in [5, 5.41) is 0.686. The maximum Gasteiger partial charge on any atom is 0.491 e. The van der Waals surface area contributed by atoms with Crippen LogP contribution in [0.15, 0.2) is 28.1 Å². The molecule has 1 saturated heterocycles. The Kier molecular flexibility index (Phi) is 6.30. The highest BCUT2D eigenvalue weighted by Crippen LogP contribution is 2.39. The Balaban J connectivity index is 2.35. The summed E-state index contributed by atoms with van der Waals surface area (Å²) in [6.45, 7) is 9.59. The first kappa shape index (κ1) is 20.1. The zero-order chi connectivity index (χ0) is 18.1. The second kappa shape index (κ2) is 7.54. The van der Waals surface area contributed by atoms with Crippen molar-refractivity contribution in [3.63, 3.8) is 0 Å². The molecule has 0 bridgehead atoms. The van der Waals surface area contributed by atoms with Crippen LogP contribution in [0.1, 0.15) is 40.2 Å². The quantitative estimate of drug-likeness (QED) is 0.598. The third kappa shape index (κ3) is 4.67. The molecule has 2 rings (SSSR count). The first-order chi connectivity index (χ1) is 11.0. The minimum atomic E-state index is -0.499. The first-order valence-corrected chi connectivity index (χ1v) is 9.82. The Hall–Kier alpha value is -0.265. The molecule has 1 fully saturated rings. The van der Waals surface area contributed by atoms with Crippen molar-refractivity contribution < 1.29 is 14.1 Å². The van der Waals surface area contributed by atoms with Gasteiger partial charge in [0.05, 0.1) is 11.2 Å². The molecule has 3 nitrogen and oxygen atoms in total. The van der Waals surface area contributed by atoms with Gasteiger partial charge in [0.2, 0.25) is 0 Å². The number of hydrogen-bond donors (Lipinski definition) is 0. The van der Waals surface area contributed by atoms with E-state index < -0.39 is 18.3 Å². The lowest BCUT2D eigenvalue weighted by Gasteiger charge is -2.32. The molecule has 0 atom stereocenters. The van der Waals surface area contributed by atoms with E-state index in [1.807, 2.05) is 52.0 Å². The second-order valence-corrected chi connectivity index (χ2v) is 9.23. The Bertz CT molecular complexity index is 660. The molecular weight excluding hydrogens is 410 g/mol. The summed E-state index contributed by atoms with van der Waals surface area (Å²) in [7, 11) is -0.499. The van der Waals surface area contributed by atoms with Gasteiger partial charge < -0.3 is 9.31 Å². The summed E-state index contributed by atoms with van der Waals surface area (Å²) in [5.74, 6) is 0.499. The maximum atomic E-state index is 11.4. The van der Waals surface area contributed by atoms with Gasteiger partial charge in [-0.25, -0.2) is 0 Å². The lowest BCUT2D eigenvalue weighted by molar-refractivity contribution is -0.109. The molecule has 7 heteroatoms. The van der Waals surface area contributed by atoms with E-state index in [9.17, 15) is 4.79 Å². The third-order valence-corrected chi connectivity index (χ3v) is 6.01. The third-order valence-electron chi connectivity index (χ3n) is 4.30. The SMILES string of the molecule is CC(=O)SCC(=Cc1ccc(Br)cc1Cl)B1OC(C)(C)C(C)(C)O1. The summed E-state index contributed by atoms with van der Waals surface area (Å²) >= 11 is 11.0. The van der Waals surface area contributed by atoms with Crippen molar-refractivity contribution in [1.82, 2.24) is 0 Å². The van der Waals surface area contributed by atoms with E-state index in [0.29, 0.717) is 10.8 Å². The fraction of sp³-hybridized carbons (Fsp3) is 0.471. The van der Waals surface area contributed by atoms with Crippen LogP contribution in [-0.4, -0.2) is 29.2 Å². The Morgan fingerprint density at radius 2 is 1.88 bits per heavy atom. The molecular formula is C17H21BBrClO3S. The van der Waals surface area contributed by atoms with Crippen LogP contribution < -0.4 is 0 Å². The largest absolute Gasteiger partial charge is 0.491 e. The van der Waals surface area contributed by atoms with E-state index in [-0.39, 0.29) is 5.12 Å². The van der Waals surface area contributed by atoms with Crippen molar-refractivity contribution in [1.29, 1.82) is 0 Å². The molecule has 1 aliphatic heterocycles. The first-order valence-electron chi connectivity index (χ1n) is 7.66. The molecule has 0 N–H and O–H groups in total. The maximum absolute atomic E-state index is 11.4. The van der Waals surface area contributed by atoms with E-state index in [4.69, 9.17) is 20.9 Å². The molecule has 1 aromatic rings. The fourth-order valence-electron chi connectivity index (χ4n) is 2.18. The van der Waals surface area contributed by atoms with Gasteiger partial charge in [-0.3, -0.25) is 4.79 Å².